The second-order valence-corrected chi connectivity index (χ2v) is 5.21. The van der Waals surface area contributed by atoms with Crippen LogP contribution in [0.5, 0.6) is 0 Å². The normalized spacial score (nSPS) is 37.0. The van der Waals surface area contributed by atoms with Crippen LogP contribution >= 0.6 is 0 Å². The molecule has 1 heterocycles. The molecule has 0 radical (unpaired) electrons. The van der Waals surface area contributed by atoms with Crippen LogP contribution in [0.25, 0.3) is 0 Å². The summed E-state index contributed by atoms with van der Waals surface area (Å²) >= 11 is 0. The van der Waals surface area contributed by atoms with E-state index in [0.29, 0.717) is 0 Å². The first-order chi connectivity index (χ1) is 10.7. The van der Waals surface area contributed by atoms with Crippen LogP contribution in [0.1, 0.15) is 0 Å². The first kappa shape index (κ1) is 20.3. The number of carbonyl (C=O) groups is 1. The van der Waals surface area contributed by atoms with Gasteiger partial charge in [0.15, 0.2) is 12.6 Å². The number of carbonyl (C=O) groups excluding carboxylic acids is 1. The van der Waals surface area contributed by atoms with E-state index in [2.05, 4.69) is 0 Å². The van der Waals surface area contributed by atoms with E-state index < -0.39 is 68.3 Å². The van der Waals surface area contributed by atoms with Crippen LogP contribution < -0.4 is 0 Å². The van der Waals surface area contributed by atoms with Crippen molar-refractivity contribution in [3.05, 3.63) is 0 Å². The molecule has 0 aromatic heterocycles. The lowest BCUT2D eigenvalue weighted by Gasteiger charge is -2.40. The lowest BCUT2D eigenvalue weighted by molar-refractivity contribution is -0.306. The third-order valence-electron chi connectivity index (χ3n) is 3.51. The number of aldehydes is 1. The van der Waals surface area contributed by atoms with Crippen molar-refractivity contribution in [1.82, 2.24) is 0 Å². The minimum Gasteiger partial charge on any atom is -0.394 e. The summed E-state index contributed by atoms with van der Waals surface area (Å²) in [6.07, 6.45) is -15.3. The van der Waals surface area contributed by atoms with Crippen molar-refractivity contribution < 1.29 is 55.1 Å². The lowest BCUT2D eigenvalue weighted by Crippen LogP contribution is -2.59. The second-order valence-electron chi connectivity index (χ2n) is 5.21. The molecule has 0 amide bonds. The maximum Gasteiger partial charge on any atom is 0.186 e. The topological polar surface area (TPSA) is 197 Å². The highest BCUT2D eigenvalue weighted by Gasteiger charge is 2.44. The summed E-state index contributed by atoms with van der Waals surface area (Å²) in [4.78, 5) is 10.3. The minimum atomic E-state index is -1.96. The van der Waals surface area contributed by atoms with Crippen LogP contribution in [0.3, 0.4) is 0 Å². The Morgan fingerprint density at radius 2 is 1.61 bits per heavy atom. The van der Waals surface area contributed by atoms with Gasteiger partial charge in [-0.1, -0.05) is 0 Å². The predicted octanol–water partition coefficient (Wildman–Crippen LogP) is -5.55. The van der Waals surface area contributed by atoms with Crippen LogP contribution in [0.2, 0.25) is 0 Å². The van der Waals surface area contributed by atoms with Gasteiger partial charge in [-0.05, 0) is 0 Å². The van der Waals surface area contributed by atoms with Crippen LogP contribution in [0, 0.1) is 0 Å². The van der Waals surface area contributed by atoms with Crippen molar-refractivity contribution in [1.29, 1.82) is 0 Å². The summed E-state index contributed by atoms with van der Waals surface area (Å²) < 4.78 is 9.94. The molecule has 0 bridgehead atoms. The molecule has 11 nitrogen and oxygen atoms in total. The molecule has 0 saturated carbocycles. The number of ether oxygens (including phenoxy) is 2. The van der Waals surface area contributed by atoms with E-state index in [1.54, 1.807) is 0 Å². The van der Waals surface area contributed by atoms with Gasteiger partial charge in [0.2, 0.25) is 0 Å². The zero-order chi connectivity index (χ0) is 17.7. The molecule has 11 heteroatoms. The Bertz CT molecular complexity index is 365. The largest absolute Gasteiger partial charge is 0.394 e. The highest BCUT2D eigenvalue weighted by molar-refractivity contribution is 5.56. The summed E-state index contributed by atoms with van der Waals surface area (Å²) in [5.74, 6) is 0. The van der Waals surface area contributed by atoms with E-state index in [0.717, 1.165) is 0 Å². The van der Waals surface area contributed by atoms with Gasteiger partial charge in [-0.25, -0.2) is 0 Å². The zero-order valence-corrected chi connectivity index (χ0v) is 12.0. The Hall–Kier alpha value is -0.730. The lowest BCUT2D eigenvalue weighted by atomic mass is 9.99. The molecule has 1 rings (SSSR count). The summed E-state index contributed by atoms with van der Waals surface area (Å²) in [6, 6.07) is 0. The molecule has 8 N–H and O–H groups in total. The molecule has 136 valence electrons. The van der Waals surface area contributed by atoms with Gasteiger partial charge in [-0.2, -0.15) is 0 Å². The van der Waals surface area contributed by atoms with Crippen molar-refractivity contribution in [3.63, 3.8) is 0 Å². The fourth-order valence-corrected chi connectivity index (χ4v) is 2.01. The summed E-state index contributed by atoms with van der Waals surface area (Å²) in [6.45, 7) is -1.37. The standard InChI is InChI=1S/C12H22O11/c13-1-4(15)7(17)8(18)5(16)3-22-12-11(21)10(20)9(19)6(2-14)23-12/h1,4-12,14-21H,2-3H2/t4-,5+,6+,7+,8+,9-,10-,11+,12+/m0/s1. The van der Waals surface area contributed by atoms with Gasteiger partial charge in [0.25, 0.3) is 0 Å². The molecular weight excluding hydrogens is 320 g/mol. The van der Waals surface area contributed by atoms with E-state index in [1.165, 1.54) is 0 Å². The quantitative estimate of drug-likeness (QED) is 0.196. The highest BCUT2D eigenvalue weighted by atomic mass is 16.7. The molecule has 0 spiro atoms. The average molecular weight is 342 g/mol. The monoisotopic (exact) mass is 342 g/mol. The molecule has 1 fully saturated rings. The first-order valence-corrected chi connectivity index (χ1v) is 6.84. The van der Waals surface area contributed by atoms with Gasteiger partial charge in [0.05, 0.1) is 13.2 Å². The number of aliphatic hydroxyl groups excluding tert-OH is 8. The van der Waals surface area contributed by atoms with E-state index in [1.807, 2.05) is 0 Å². The second kappa shape index (κ2) is 8.94. The summed E-state index contributed by atoms with van der Waals surface area (Å²) in [7, 11) is 0. The van der Waals surface area contributed by atoms with Crippen LogP contribution in [0.4, 0.5) is 0 Å². The molecule has 23 heavy (non-hydrogen) atoms. The predicted molar refractivity (Wildman–Crippen MR) is 69.8 cm³/mol. The van der Waals surface area contributed by atoms with Crippen molar-refractivity contribution in [3.8, 4) is 0 Å². The number of hydrogen-bond acceptors (Lipinski definition) is 11. The summed E-state index contributed by atoms with van der Waals surface area (Å²) in [5, 5.41) is 75.4. The van der Waals surface area contributed by atoms with E-state index in [4.69, 9.17) is 19.7 Å². The molecule has 1 aliphatic rings. The van der Waals surface area contributed by atoms with Crippen LogP contribution in [0.15, 0.2) is 0 Å². The molecular formula is C12H22O11. The SMILES string of the molecule is O=C[C@H](O)[C@@H](O)[C@H](O)[C@H](O)CO[C@@H]1O[C@H](CO)[C@H](O)[C@H](O)[C@H]1O. The molecule has 9 atom stereocenters. The third-order valence-corrected chi connectivity index (χ3v) is 3.51. The zero-order valence-electron chi connectivity index (χ0n) is 12.0. The summed E-state index contributed by atoms with van der Waals surface area (Å²) in [5.41, 5.74) is 0. The third kappa shape index (κ3) is 4.87. The fourth-order valence-electron chi connectivity index (χ4n) is 2.01. The molecule has 0 aliphatic carbocycles. The Morgan fingerprint density at radius 1 is 1.00 bits per heavy atom. The Labute approximate surface area is 130 Å². The molecule has 1 saturated heterocycles. The van der Waals surface area contributed by atoms with Crippen LogP contribution in [-0.4, -0.2) is 115 Å². The van der Waals surface area contributed by atoms with Crippen molar-refractivity contribution in [2.24, 2.45) is 0 Å². The maximum absolute atomic E-state index is 10.3. The van der Waals surface area contributed by atoms with Gasteiger partial charge in [0, 0.05) is 0 Å². The van der Waals surface area contributed by atoms with E-state index in [-0.39, 0.29) is 6.29 Å². The van der Waals surface area contributed by atoms with Gasteiger partial charge < -0.3 is 55.1 Å². The molecule has 0 aromatic rings. The Kier molecular flexibility index (Phi) is 7.89. The van der Waals surface area contributed by atoms with Crippen molar-refractivity contribution in [2.75, 3.05) is 13.2 Å². The van der Waals surface area contributed by atoms with E-state index >= 15 is 0 Å². The van der Waals surface area contributed by atoms with Gasteiger partial charge in [-0.3, -0.25) is 0 Å². The Balaban J connectivity index is 2.57. The fraction of sp³-hybridized carbons (Fsp3) is 0.917. The molecule has 0 unspecified atom stereocenters. The maximum atomic E-state index is 10.3. The highest BCUT2D eigenvalue weighted by Crippen LogP contribution is 2.22. The number of rotatable bonds is 8. The van der Waals surface area contributed by atoms with Crippen LogP contribution in [-0.2, 0) is 14.3 Å². The molecule has 1 aliphatic heterocycles. The van der Waals surface area contributed by atoms with Gasteiger partial charge in [-0.15, -0.1) is 0 Å². The van der Waals surface area contributed by atoms with Gasteiger partial charge >= 0.3 is 0 Å². The van der Waals surface area contributed by atoms with Crippen molar-refractivity contribution >= 4 is 6.29 Å². The number of hydrogen-bond donors (Lipinski definition) is 8. The van der Waals surface area contributed by atoms with Gasteiger partial charge in [0.1, 0.15) is 48.8 Å². The minimum absolute atomic E-state index is 0.0287. The smallest absolute Gasteiger partial charge is 0.186 e. The van der Waals surface area contributed by atoms with Crippen molar-refractivity contribution in [2.45, 2.75) is 55.1 Å². The first-order valence-electron chi connectivity index (χ1n) is 6.84. The Morgan fingerprint density at radius 3 is 2.13 bits per heavy atom. The average Bonchev–Trinajstić information content (AvgIpc) is 2.56. The number of aliphatic hydroxyl groups is 8. The van der Waals surface area contributed by atoms with E-state index in [9.17, 15) is 35.4 Å². The molecule has 0 aromatic carbocycles.